The van der Waals surface area contributed by atoms with Crippen molar-refractivity contribution in [2.45, 2.75) is 53.4 Å². The number of amides is 1. The van der Waals surface area contributed by atoms with Gasteiger partial charge in [0, 0.05) is 12.1 Å². The second-order valence-electron chi connectivity index (χ2n) is 7.62. The van der Waals surface area contributed by atoms with Crippen molar-refractivity contribution in [1.82, 2.24) is 4.98 Å². The van der Waals surface area contributed by atoms with E-state index in [2.05, 4.69) is 37.1 Å². The summed E-state index contributed by atoms with van der Waals surface area (Å²) >= 11 is 0. The maximum Gasteiger partial charge on any atom is 0.228 e. The van der Waals surface area contributed by atoms with E-state index >= 15 is 0 Å². The topological polar surface area (TPSA) is 51.2 Å². The number of carbonyl (C=O) groups is 1. The highest BCUT2D eigenvalue weighted by Crippen LogP contribution is 2.38. The lowest BCUT2D eigenvalue weighted by molar-refractivity contribution is -0.121. The van der Waals surface area contributed by atoms with E-state index in [1.807, 2.05) is 25.1 Å². The summed E-state index contributed by atoms with van der Waals surface area (Å²) < 4.78 is 5.97. The van der Waals surface area contributed by atoms with Crippen molar-refractivity contribution >= 4 is 11.7 Å². The predicted molar refractivity (Wildman–Crippen MR) is 109 cm³/mol. The number of aryl methyl sites for hydroxylation is 1. The number of rotatable bonds is 6. The molecule has 2 atom stereocenters. The van der Waals surface area contributed by atoms with Gasteiger partial charge in [0.15, 0.2) is 0 Å². The van der Waals surface area contributed by atoms with Crippen LogP contribution in [0.3, 0.4) is 0 Å². The minimum atomic E-state index is -0.0555. The number of benzene rings is 1. The average Bonchev–Trinajstić information content (AvgIpc) is 2.69. The number of nitrogens with one attached hydrogen (secondary N) is 1. The highest BCUT2D eigenvalue weighted by atomic mass is 16.5. The fraction of sp³-hybridized carbons (Fsp3) is 0.478. The van der Waals surface area contributed by atoms with Gasteiger partial charge in [-0.1, -0.05) is 19.9 Å². The van der Waals surface area contributed by atoms with Gasteiger partial charge in [0.1, 0.15) is 11.6 Å². The van der Waals surface area contributed by atoms with Crippen molar-refractivity contribution in [1.29, 1.82) is 0 Å². The third-order valence-corrected chi connectivity index (χ3v) is 5.74. The van der Waals surface area contributed by atoms with Crippen LogP contribution in [0.15, 0.2) is 30.5 Å². The molecule has 2 aromatic rings. The van der Waals surface area contributed by atoms with Gasteiger partial charge in [-0.15, -0.1) is 0 Å². The summed E-state index contributed by atoms with van der Waals surface area (Å²) in [5.74, 6) is 1.95. The number of aromatic nitrogens is 1. The van der Waals surface area contributed by atoms with Gasteiger partial charge in [-0.25, -0.2) is 4.98 Å². The van der Waals surface area contributed by atoms with E-state index in [-0.39, 0.29) is 11.8 Å². The molecule has 0 bridgehead atoms. The molecule has 3 rings (SSSR count). The number of hydrogen-bond donors (Lipinski definition) is 1. The Bertz CT molecular complexity index is 802. The van der Waals surface area contributed by atoms with Crippen molar-refractivity contribution in [2.75, 3.05) is 11.9 Å². The van der Waals surface area contributed by atoms with Crippen LogP contribution in [0.25, 0.3) is 0 Å². The lowest BCUT2D eigenvalue weighted by atomic mass is 9.74. The Morgan fingerprint density at radius 2 is 2.15 bits per heavy atom. The Balaban J connectivity index is 1.76. The lowest BCUT2D eigenvalue weighted by Gasteiger charge is -2.31. The zero-order chi connectivity index (χ0) is 19.4. The van der Waals surface area contributed by atoms with Crippen LogP contribution in [0.2, 0.25) is 0 Å². The van der Waals surface area contributed by atoms with Crippen molar-refractivity contribution in [2.24, 2.45) is 11.8 Å². The van der Waals surface area contributed by atoms with Crippen LogP contribution in [-0.4, -0.2) is 17.5 Å². The molecule has 4 heteroatoms. The molecule has 1 amide bonds. The summed E-state index contributed by atoms with van der Waals surface area (Å²) in [6, 6.07) is 7.74. The van der Waals surface area contributed by atoms with Gasteiger partial charge in [-0.05, 0) is 85.9 Å². The smallest absolute Gasteiger partial charge is 0.228 e. The maximum atomic E-state index is 12.7. The fourth-order valence-corrected chi connectivity index (χ4v) is 4.00. The molecule has 0 unspecified atom stereocenters. The monoisotopic (exact) mass is 366 g/mol. The molecule has 27 heavy (non-hydrogen) atoms. The largest absolute Gasteiger partial charge is 0.493 e. The van der Waals surface area contributed by atoms with E-state index in [4.69, 9.17) is 4.74 Å². The summed E-state index contributed by atoms with van der Waals surface area (Å²) in [5.41, 5.74) is 5.39. The van der Waals surface area contributed by atoms with E-state index < -0.39 is 0 Å². The summed E-state index contributed by atoms with van der Waals surface area (Å²) in [5, 5.41) is 2.95. The fourth-order valence-electron chi connectivity index (χ4n) is 4.00. The molecule has 0 aliphatic heterocycles. The average molecular weight is 367 g/mol. The number of anilines is 1. The summed E-state index contributed by atoms with van der Waals surface area (Å²) in [4.78, 5) is 16.9. The molecule has 0 radical (unpaired) electrons. The minimum absolute atomic E-state index is 0.0508. The van der Waals surface area contributed by atoms with Crippen molar-refractivity contribution in [3.63, 3.8) is 0 Å². The predicted octanol–water partition coefficient (Wildman–Crippen LogP) is 4.87. The number of ether oxygens (including phenoxy) is 1. The first-order chi connectivity index (χ1) is 13.0. The van der Waals surface area contributed by atoms with Crippen LogP contribution in [0, 0.1) is 25.7 Å². The first-order valence-electron chi connectivity index (χ1n) is 9.97. The molecule has 0 saturated heterocycles. The molecule has 1 aromatic carbocycles. The summed E-state index contributed by atoms with van der Waals surface area (Å²) in [6.07, 6.45) is 5.70. The highest BCUT2D eigenvalue weighted by Gasteiger charge is 2.30. The molecule has 1 aliphatic carbocycles. The molecule has 1 N–H and O–H groups in total. The van der Waals surface area contributed by atoms with Gasteiger partial charge in [-0.3, -0.25) is 4.79 Å². The first kappa shape index (κ1) is 19.4. The number of hydrogen-bond acceptors (Lipinski definition) is 3. The molecule has 0 saturated carbocycles. The third-order valence-electron chi connectivity index (χ3n) is 5.74. The first-order valence-corrected chi connectivity index (χ1v) is 9.97. The van der Waals surface area contributed by atoms with Gasteiger partial charge < -0.3 is 10.1 Å². The van der Waals surface area contributed by atoms with Crippen LogP contribution in [0.5, 0.6) is 5.75 Å². The Kier molecular flexibility index (Phi) is 6.15. The third kappa shape index (κ3) is 4.32. The Morgan fingerprint density at radius 3 is 2.85 bits per heavy atom. The number of fused-ring (bicyclic) bond motifs is 1. The van der Waals surface area contributed by atoms with Gasteiger partial charge in [0.2, 0.25) is 5.91 Å². The zero-order valence-corrected chi connectivity index (χ0v) is 16.8. The van der Waals surface area contributed by atoms with Crippen molar-refractivity contribution < 1.29 is 9.53 Å². The highest BCUT2D eigenvalue weighted by molar-refractivity contribution is 5.91. The van der Waals surface area contributed by atoms with Crippen LogP contribution in [-0.2, 0) is 17.6 Å². The second kappa shape index (κ2) is 8.55. The Labute approximate surface area is 162 Å². The molecule has 0 fully saturated rings. The summed E-state index contributed by atoms with van der Waals surface area (Å²) in [7, 11) is 0. The van der Waals surface area contributed by atoms with E-state index in [1.165, 1.54) is 22.3 Å². The molecule has 144 valence electrons. The lowest BCUT2D eigenvalue weighted by Crippen LogP contribution is -2.31. The van der Waals surface area contributed by atoms with E-state index in [0.29, 0.717) is 11.7 Å². The molecular formula is C23H30N2O2. The van der Waals surface area contributed by atoms with Crippen LogP contribution in [0.4, 0.5) is 5.82 Å². The van der Waals surface area contributed by atoms with E-state index in [9.17, 15) is 4.79 Å². The molecular weight excluding hydrogens is 336 g/mol. The van der Waals surface area contributed by atoms with Crippen LogP contribution >= 0.6 is 0 Å². The molecule has 1 aromatic heterocycles. The van der Waals surface area contributed by atoms with Gasteiger partial charge >= 0.3 is 0 Å². The standard InChI is InChI=1S/C23H30N2O2/c1-5-12-27-21-13-15(2)19-10-9-18(14-20(19)17(21)4)16(3)23(26)25-22-8-6-7-11-24-22/h6-8,11,13,16,18H,5,9-10,12,14H2,1-4H3,(H,24,25,26)/t16-,18+/m0/s1. The zero-order valence-electron chi connectivity index (χ0n) is 16.8. The molecule has 1 aliphatic rings. The maximum absolute atomic E-state index is 12.7. The summed E-state index contributed by atoms with van der Waals surface area (Å²) in [6.45, 7) is 9.23. The minimum Gasteiger partial charge on any atom is -0.493 e. The SMILES string of the molecule is CCCOc1cc(C)c2c(c1C)C[C@H]([C@H](C)C(=O)Nc1ccccn1)CC2. The number of carbonyl (C=O) groups excluding carboxylic acids is 1. The molecule has 4 nitrogen and oxygen atoms in total. The van der Waals surface area contributed by atoms with Crippen molar-refractivity contribution in [3.8, 4) is 5.75 Å². The van der Waals surface area contributed by atoms with Crippen LogP contribution < -0.4 is 10.1 Å². The number of pyridine rings is 1. The number of nitrogens with zero attached hydrogens (tertiary/aromatic N) is 1. The van der Waals surface area contributed by atoms with E-state index in [1.54, 1.807) is 6.20 Å². The van der Waals surface area contributed by atoms with Gasteiger partial charge in [0.05, 0.1) is 6.61 Å². The molecule has 0 spiro atoms. The Hall–Kier alpha value is -2.36. The quantitative estimate of drug-likeness (QED) is 0.794. The molecule has 1 heterocycles. The van der Waals surface area contributed by atoms with Gasteiger partial charge in [0.25, 0.3) is 0 Å². The Morgan fingerprint density at radius 1 is 1.33 bits per heavy atom. The van der Waals surface area contributed by atoms with Crippen LogP contribution in [0.1, 0.15) is 48.9 Å². The van der Waals surface area contributed by atoms with Gasteiger partial charge in [-0.2, -0.15) is 0 Å². The van der Waals surface area contributed by atoms with Crippen molar-refractivity contribution in [3.05, 3.63) is 52.7 Å². The second-order valence-corrected chi connectivity index (χ2v) is 7.62. The normalized spacial score (nSPS) is 17.1. The van der Waals surface area contributed by atoms with E-state index in [0.717, 1.165) is 38.0 Å².